The first kappa shape index (κ1) is 16.0. The van der Waals surface area contributed by atoms with E-state index in [0.717, 1.165) is 25.7 Å². The van der Waals surface area contributed by atoms with Gasteiger partial charge in [-0.25, -0.2) is 13.2 Å². The molecule has 118 valence electrons. The van der Waals surface area contributed by atoms with Crippen molar-refractivity contribution in [1.82, 2.24) is 8.87 Å². The van der Waals surface area contributed by atoms with Crippen molar-refractivity contribution in [3.05, 3.63) is 18.0 Å². The molecule has 0 saturated heterocycles. The second-order valence-corrected chi connectivity index (χ2v) is 7.30. The maximum absolute atomic E-state index is 12.7. The third-order valence-electron chi connectivity index (χ3n) is 3.56. The Kier molecular flexibility index (Phi) is 4.73. The van der Waals surface area contributed by atoms with Gasteiger partial charge in [0.2, 0.25) is 10.0 Å². The van der Waals surface area contributed by atoms with E-state index in [0.29, 0.717) is 13.1 Å². The van der Waals surface area contributed by atoms with E-state index in [1.165, 1.54) is 21.1 Å². The molecule has 0 atom stereocenters. The zero-order valence-corrected chi connectivity index (χ0v) is 13.3. The summed E-state index contributed by atoms with van der Waals surface area (Å²) in [6.45, 7) is 4.84. The van der Waals surface area contributed by atoms with Crippen molar-refractivity contribution in [3.8, 4) is 0 Å². The standard InChI is InChI=1S/C14H22N2O4S/c1-3-7-15-10-12(9-13(15)14(17)18)21(19,20)16(8-4-2)11-5-6-11/h9-11H,3-8H2,1-2H3,(H,17,18). The highest BCUT2D eigenvalue weighted by atomic mass is 32.2. The van der Waals surface area contributed by atoms with E-state index < -0.39 is 16.0 Å². The number of carboxylic acids is 1. The van der Waals surface area contributed by atoms with Crippen molar-refractivity contribution in [2.75, 3.05) is 6.54 Å². The van der Waals surface area contributed by atoms with Crippen LogP contribution in [0.1, 0.15) is 50.0 Å². The van der Waals surface area contributed by atoms with Gasteiger partial charge < -0.3 is 9.67 Å². The fourth-order valence-electron chi connectivity index (χ4n) is 2.45. The number of aromatic carboxylic acids is 1. The first-order chi connectivity index (χ1) is 9.91. The fraction of sp³-hybridized carbons (Fsp3) is 0.643. The molecule has 1 saturated carbocycles. The number of nitrogens with zero attached hydrogens (tertiary/aromatic N) is 2. The molecule has 1 aromatic heterocycles. The van der Waals surface area contributed by atoms with E-state index in [9.17, 15) is 18.3 Å². The van der Waals surface area contributed by atoms with Gasteiger partial charge in [-0.1, -0.05) is 13.8 Å². The summed E-state index contributed by atoms with van der Waals surface area (Å²) in [5.74, 6) is -1.10. The van der Waals surface area contributed by atoms with Gasteiger partial charge in [0, 0.05) is 25.3 Å². The SMILES string of the molecule is CCCN(C1CC1)S(=O)(=O)c1cc(C(=O)O)n(CCC)c1. The van der Waals surface area contributed by atoms with Gasteiger partial charge in [0.1, 0.15) is 10.6 Å². The van der Waals surface area contributed by atoms with Crippen molar-refractivity contribution in [3.63, 3.8) is 0 Å². The fourth-order valence-corrected chi connectivity index (χ4v) is 4.26. The number of aromatic nitrogens is 1. The molecule has 0 aromatic carbocycles. The van der Waals surface area contributed by atoms with Crippen molar-refractivity contribution in [1.29, 1.82) is 0 Å². The first-order valence-electron chi connectivity index (χ1n) is 7.37. The highest BCUT2D eigenvalue weighted by Gasteiger charge is 2.38. The molecule has 7 heteroatoms. The van der Waals surface area contributed by atoms with Crippen LogP contribution in [-0.4, -0.2) is 41.0 Å². The van der Waals surface area contributed by atoms with Gasteiger partial charge in [0.25, 0.3) is 0 Å². The van der Waals surface area contributed by atoms with Crippen LogP contribution < -0.4 is 0 Å². The summed E-state index contributed by atoms with van der Waals surface area (Å²) in [6, 6.07) is 1.36. The molecule has 0 bridgehead atoms. The van der Waals surface area contributed by atoms with Crippen LogP contribution in [0.3, 0.4) is 0 Å². The zero-order chi connectivity index (χ0) is 15.6. The van der Waals surface area contributed by atoms with Gasteiger partial charge in [-0.05, 0) is 31.7 Å². The minimum Gasteiger partial charge on any atom is -0.477 e. The second kappa shape index (κ2) is 6.19. The first-order valence-corrected chi connectivity index (χ1v) is 8.81. The molecule has 0 aliphatic heterocycles. The quantitative estimate of drug-likeness (QED) is 0.797. The van der Waals surface area contributed by atoms with Gasteiger partial charge in [-0.15, -0.1) is 0 Å². The van der Waals surface area contributed by atoms with E-state index >= 15 is 0 Å². The molecule has 6 nitrogen and oxygen atoms in total. The molecular weight excluding hydrogens is 292 g/mol. The van der Waals surface area contributed by atoms with Gasteiger partial charge in [0.15, 0.2) is 0 Å². The van der Waals surface area contributed by atoms with Crippen molar-refractivity contribution >= 4 is 16.0 Å². The highest BCUT2D eigenvalue weighted by Crippen LogP contribution is 2.32. The van der Waals surface area contributed by atoms with Crippen molar-refractivity contribution < 1.29 is 18.3 Å². The molecule has 0 radical (unpaired) electrons. The predicted molar refractivity (Wildman–Crippen MR) is 78.9 cm³/mol. The Morgan fingerprint density at radius 1 is 1.38 bits per heavy atom. The Morgan fingerprint density at radius 2 is 2.05 bits per heavy atom. The predicted octanol–water partition coefficient (Wildman–Crippen LogP) is 2.16. The molecule has 1 N–H and O–H groups in total. The average Bonchev–Trinajstić information content (AvgIpc) is 3.15. The molecule has 2 rings (SSSR count). The van der Waals surface area contributed by atoms with Crippen molar-refractivity contribution in [2.24, 2.45) is 0 Å². The van der Waals surface area contributed by atoms with E-state index in [-0.39, 0.29) is 16.6 Å². The molecule has 0 unspecified atom stereocenters. The normalized spacial score (nSPS) is 15.6. The van der Waals surface area contributed by atoms with Crippen LogP contribution in [0.4, 0.5) is 0 Å². The van der Waals surface area contributed by atoms with Crippen LogP contribution in [0.15, 0.2) is 17.2 Å². The summed E-state index contributed by atoms with van der Waals surface area (Å²) in [5, 5.41) is 9.21. The maximum Gasteiger partial charge on any atom is 0.352 e. The van der Waals surface area contributed by atoms with Gasteiger partial charge in [-0.3, -0.25) is 0 Å². The van der Waals surface area contributed by atoms with E-state index in [1.807, 2.05) is 13.8 Å². The van der Waals surface area contributed by atoms with Crippen LogP contribution in [0.5, 0.6) is 0 Å². The number of carbonyl (C=O) groups is 1. The zero-order valence-electron chi connectivity index (χ0n) is 12.4. The Balaban J connectivity index is 2.39. The van der Waals surface area contributed by atoms with E-state index in [4.69, 9.17) is 0 Å². The molecule has 21 heavy (non-hydrogen) atoms. The Labute approximate surface area is 125 Å². The lowest BCUT2D eigenvalue weighted by Crippen LogP contribution is -2.33. The van der Waals surface area contributed by atoms with Crippen LogP contribution in [0, 0.1) is 0 Å². The molecule has 1 aliphatic rings. The molecule has 0 spiro atoms. The third-order valence-corrected chi connectivity index (χ3v) is 5.48. The number of aryl methyl sites for hydroxylation is 1. The smallest absolute Gasteiger partial charge is 0.352 e. The van der Waals surface area contributed by atoms with E-state index in [2.05, 4.69) is 0 Å². The monoisotopic (exact) mass is 314 g/mol. The topological polar surface area (TPSA) is 79.6 Å². The average molecular weight is 314 g/mol. The highest BCUT2D eigenvalue weighted by molar-refractivity contribution is 7.89. The minimum absolute atomic E-state index is 0.0303. The Morgan fingerprint density at radius 3 is 2.52 bits per heavy atom. The Hall–Kier alpha value is -1.34. The summed E-state index contributed by atoms with van der Waals surface area (Å²) >= 11 is 0. The number of sulfonamides is 1. The lowest BCUT2D eigenvalue weighted by atomic mass is 10.4. The summed E-state index contributed by atoms with van der Waals surface area (Å²) in [5.41, 5.74) is 0.0303. The molecular formula is C14H22N2O4S. The van der Waals surface area contributed by atoms with Crippen molar-refractivity contribution in [2.45, 2.75) is 57.0 Å². The summed E-state index contributed by atoms with van der Waals surface area (Å²) in [4.78, 5) is 11.3. The lowest BCUT2D eigenvalue weighted by Gasteiger charge is -2.20. The molecule has 1 fully saturated rings. The second-order valence-electron chi connectivity index (χ2n) is 5.41. The van der Waals surface area contributed by atoms with Gasteiger partial charge in [-0.2, -0.15) is 4.31 Å². The summed E-state index contributed by atoms with van der Waals surface area (Å²) < 4.78 is 28.5. The molecule has 1 aliphatic carbocycles. The maximum atomic E-state index is 12.7. The summed E-state index contributed by atoms with van der Waals surface area (Å²) in [6.07, 6.45) is 4.72. The molecule has 0 amide bonds. The number of hydrogen-bond donors (Lipinski definition) is 1. The Bertz CT molecular complexity index is 617. The lowest BCUT2D eigenvalue weighted by molar-refractivity contribution is 0.0685. The van der Waals surface area contributed by atoms with Crippen LogP contribution in [0.2, 0.25) is 0 Å². The van der Waals surface area contributed by atoms with Gasteiger partial charge >= 0.3 is 5.97 Å². The van der Waals surface area contributed by atoms with E-state index in [1.54, 1.807) is 0 Å². The number of rotatable bonds is 8. The summed E-state index contributed by atoms with van der Waals surface area (Å²) in [7, 11) is -3.60. The number of hydrogen-bond acceptors (Lipinski definition) is 3. The third kappa shape index (κ3) is 3.29. The van der Waals surface area contributed by atoms with Gasteiger partial charge in [0.05, 0.1) is 0 Å². The molecule has 1 aromatic rings. The largest absolute Gasteiger partial charge is 0.477 e. The molecule has 1 heterocycles. The van der Waals surface area contributed by atoms with Crippen LogP contribution in [-0.2, 0) is 16.6 Å². The minimum atomic E-state index is -3.60. The van der Waals surface area contributed by atoms with Crippen LogP contribution in [0.25, 0.3) is 0 Å². The number of carboxylic acid groups (broad SMARTS) is 1. The van der Waals surface area contributed by atoms with Crippen LogP contribution >= 0.6 is 0 Å².